The van der Waals surface area contributed by atoms with Crippen molar-refractivity contribution in [2.75, 3.05) is 5.75 Å². The number of ketones is 2. The topological polar surface area (TPSA) is 34.1 Å². The largest absolute Gasteiger partial charge is 0.289 e. The van der Waals surface area contributed by atoms with Gasteiger partial charge < -0.3 is 0 Å². The molecule has 1 aromatic carbocycles. The lowest BCUT2D eigenvalue weighted by Gasteiger charge is -2.21. The molecule has 0 fully saturated rings. The number of thioether (sulfide) groups is 1. The Balaban J connectivity index is 0.00000247. The molecule has 0 unspecified atom stereocenters. The zero-order valence-corrected chi connectivity index (χ0v) is 24.4. The third-order valence-electron chi connectivity index (χ3n) is 7.30. The van der Waals surface area contributed by atoms with Crippen LogP contribution in [0.2, 0.25) is 0 Å². The SMILES string of the molecule is C#C.C=C1C=C(c2ccc(CCCCCCCCCCCC3=C(C)C(=O)C(=C/C)/C(=C\C)C3=O)cc2)SC1. The second kappa shape index (κ2) is 16.9. The first-order chi connectivity index (χ1) is 18.5. The lowest BCUT2D eigenvalue weighted by atomic mass is 9.80. The molecule has 1 aliphatic carbocycles. The Morgan fingerprint density at radius 3 is 1.79 bits per heavy atom. The first-order valence-electron chi connectivity index (χ1n) is 14.0. The fraction of sp³-hybridized carbons (Fsp3) is 0.429. The zero-order chi connectivity index (χ0) is 27.9. The summed E-state index contributed by atoms with van der Waals surface area (Å²) < 4.78 is 0. The summed E-state index contributed by atoms with van der Waals surface area (Å²) in [5.41, 5.74) is 6.48. The maximum absolute atomic E-state index is 12.8. The number of rotatable bonds is 13. The number of unbranched alkanes of at least 4 members (excludes halogenated alkanes) is 8. The van der Waals surface area contributed by atoms with E-state index in [-0.39, 0.29) is 11.6 Å². The molecule has 3 rings (SSSR count). The number of aryl methyl sites for hydroxylation is 1. The normalized spacial score (nSPS) is 17.7. The van der Waals surface area contributed by atoms with Crippen molar-refractivity contribution in [2.24, 2.45) is 0 Å². The summed E-state index contributed by atoms with van der Waals surface area (Å²) in [7, 11) is 0. The Kier molecular flexibility index (Phi) is 14.0. The van der Waals surface area contributed by atoms with Gasteiger partial charge in [-0.2, -0.15) is 0 Å². The molecule has 0 radical (unpaired) electrons. The zero-order valence-electron chi connectivity index (χ0n) is 23.6. The van der Waals surface area contributed by atoms with Crippen LogP contribution in [0.3, 0.4) is 0 Å². The number of allylic oxidation sites excluding steroid dienone is 7. The number of carbonyl (C=O) groups excluding carboxylic acids is 2. The van der Waals surface area contributed by atoms with Gasteiger partial charge in [-0.25, -0.2) is 0 Å². The summed E-state index contributed by atoms with van der Waals surface area (Å²) in [6.07, 6.45) is 26.7. The summed E-state index contributed by atoms with van der Waals surface area (Å²) >= 11 is 1.88. The van der Waals surface area contributed by atoms with Gasteiger partial charge in [-0.05, 0) is 69.2 Å². The van der Waals surface area contributed by atoms with Crippen molar-refractivity contribution in [2.45, 2.75) is 91.4 Å². The minimum absolute atomic E-state index is 0.0182. The molecular formula is C35H44O2S. The Hall–Kier alpha value is -2.83. The number of terminal acetylenes is 1. The highest BCUT2D eigenvalue weighted by molar-refractivity contribution is 8.08. The van der Waals surface area contributed by atoms with Crippen LogP contribution in [0, 0.1) is 12.8 Å². The van der Waals surface area contributed by atoms with Crippen molar-refractivity contribution in [3.8, 4) is 12.8 Å². The van der Waals surface area contributed by atoms with E-state index < -0.39 is 0 Å². The average Bonchev–Trinajstić information content (AvgIpc) is 3.38. The highest BCUT2D eigenvalue weighted by atomic mass is 32.2. The van der Waals surface area contributed by atoms with Gasteiger partial charge in [0.2, 0.25) is 0 Å². The fourth-order valence-electron chi connectivity index (χ4n) is 5.10. The molecule has 0 saturated heterocycles. The van der Waals surface area contributed by atoms with Gasteiger partial charge in [0.05, 0.1) is 0 Å². The third-order valence-corrected chi connectivity index (χ3v) is 8.48. The second-order valence-electron chi connectivity index (χ2n) is 10.0. The Bertz CT molecular complexity index is 1120. The molecule has 0 saturated carbocycles. The predicted molar refractivity (Wildman–Crippen MR) is 166 cm³/mol. The molecule has 1 aromatic rings. The average molecular weight is 529 g/mol. The third kappa shape index (κ3) is 8.88. The van der Waals surface area contributed by atoms with E-state index in [1.54, 1.807) is 12.2 Å². The van der Waals surface area contributed by atoms with Crippen LogP contribution in [0.5, 0.6) is 0 Å². The molecule has 0 bridgehead atoms. The van der Waals surface area contributed by atoms with Gasteiger partial charge in [-0.15, -0.1) is 24.6 Å². The molecule has 2 nitrogen and oxygen atoms in total. The summed E-state index contributed by atoms with van der Waals surface area (Å²) in [4.78, 5) is 26.8. The molecule has 3 heteroatoms. The van der Waals surface area contributed by atoms with Crippen LogP contribution in [0.25, 0.3) is 4.91 Å². The van der Waals surface area contributed by atoms with E-state index in [9.17, 15) is 9.59 Å². The van der Waals surface area contributed by atoms with Crippen LogP contribution in [0.1, 0.15) is 96.1 Å². The van der Waals surface area contributed by atoms with Crippen LogP contribution in [-0.4, -0.2) is 17.3 Å². The molecule has 0 atom stereocenters. The van der Waals surface area contributed by atoms with Crippen molar-refractivity contribution in [3.05, 3.63) is 88.1 Å². The standard InChI is InChI=1S/C33H42O2S.C2H2/c1-5-28-29(6-2)33(35)30(25(4)32(28)34)17-15-13-11-9-7-8-10-12-14-16-26-18-20-27(21-19-26)31-22-24(3)23-36-31;1-2/h5-6,18-22H,3,7-17,23H2,1-2,4H3;1-2H/b28-5+,29-6+;. The summed E-state index contributed by atoms with van der Waals surface area (Å²) in [5.74, 6) is 1.09. The number of hydrogen-bond donors (Lipinski definition) is 0. The van der Waals surface area contributed by atoms with Gasteiger partial charge in [-0.3, -0.25) is 9.59 Å². The second-order valence-corrected chi connectivity index (χ2v) is 11.0. The molecular weight excluding hydrogens is 484 g/mol. The molecule has 0 amide bonds. The lowest BCUT2D eigenvalue weighted by molar-refractivity contribution is -0.116. The van der Waals surface area contributed by atoms with Crippen molar-refractivity contribution in [3.63, 3.8) is 0 Å². The van der Waals surface area contributed by atoms with Crippen LogP contribution in [0.15, 0.2) is 76.9 Å². The van der Waals surface area contributed by atoms with E-state index in [1.165, 1.54) is 73.0 Å². The fourth-order valence-corrected chi connectivity index (χ4v) is 6.08. The molecule has 0 spiro atoms. The molecule has 0 N–H and O–H groups in total. The van der Waals surface area contributed by atoms with Crippen molar-refractivity contribution in [1.82, 2.24) is 0 Å². The van der Waals surface area contributed by atoms with Gasteiger partial charge in [0.15, 0.2) is 11.6 Å². The first-order valence-corrected chi connectivity index (χ1v) is 15.0. The van der Waals surface area contributed by atoms with Crippen LogP contribution in [0.4, 0.5) is 0 Å². The van der Waals surface area contributed by atoms with Gasteiger partial charge in [0.25, 0.3) is 0 Å². The van der Waals surface area contributed by atoms with E-state index >= 15 is 0 Å². The van der Waals surface area contributed by atoms with Crippen LogP contribution >= 0.6 is 11.8 Å². The number of carbonyl (C=O) groups is 2. The van der Waals surface area contributed by atoms with E-state index in [4.69, 9.17) is 0 Å². The summed E-state index contributed by atoms with van der Waals surface area (Å²) in [5, 5.41) is 0. The van der Waals surface area contributed by atoms with Crippen molar-refractivity contribution < 1.29 is 9.59 Å². The summed E-state index contributed by atoms with van der Waals surface area (Å²) in [6.45, 7) is 9.52. The predicted octanol–water partition coefficient (Wildman–Crippen LogP) is 9.38. The van der Waals surface area contributed by atoms with E-state index in [0.29, 0.717) is 16.7 Å². The maximum Gasteiger partial charge on any atom is 0.189 e. The van der Waals surface area contributed by atoms with Crippen molar-refractivity contribution in [1.29, 1.82) is 0 Å². The lowest BCUT2D eigenvalue weighted by Crippen LogP contribution is -2.23. The molecule has 38 heavy (non-hydrogen) atoms. The monoisotopic (exact) mass is 528 g/mol. The van der Waals surface area contributed by atoms with E-state index in [0.717, 1.165) is 30.6 Å². The summed E-state index contributed by atoms with van der Waals surface area (Å²) in [6, 6.07) is 9.08. The van der Waals surface area contributed by atoms with Crippen molar-refractivity contribution >= 4 is 28.2 Å². The number of benzene rings is 1. The van der Waals surface area contributed by atoms with Gasteiger partial charge in [0.1, 0.15) is 0 Å². The van der Waals surface area contributed by atoms with Crippen LogP contribution < -0.4 is 0 Å². The Morgan fingerprint density at radius 1 is 0.789 bits per heavy atom. The molecule has 2 aliphatic rings. The van der Waals surface area contributed by atoms with E-state index in [2.05, 4.69) is 49.8 Å². The molecule has 0 aromatic heterocycles. The van der Waals surface area contributed by atoms with Gasteiger partial charge in [-0.1, -0.05) is 87.9 Å². The quantitative estimate of drug-likeness (QED) is 0.145. The van der Waals surface area contributed by atoms with Gasteiger partial charge in [0, 0.05) is 33.0 Å². The minimum Gasteiger partial charge on any atom is -0.289 e. The Labute approximate surface area is 235 Å². The van der Waals surface area contributed by atoms with Gasteiger partial charge >= 0.3 is 0 Å². The minimum atomic E-state index is 0.0182. The first kappa shape index (κ1) is 31.4. The number of Topliss-reactive ketones (excluding diaryl/α,β-unsaturated/α-hetero) is 2. The molecule has 202 valence electrons. The van der Waals surface area contributed by atoms with Crippen LogP contribution in [-0.2, 0) is 16.0 Å². The number of hydrogen-bond acceptors (Lipinski definition) is 3. The van der Waals surface area contributed by atoms with E-state index in [1.807, 2.05) is 32.5 Å². The Morgan fingerprint density at radius 2 is 1.29 bits per heavy atom. The molecule has 1 aliphatic heterocycles. The highest BCUT2D eigenvalue weighted by Crippen LogP contribution is 2.36. The highest BCUT2D eigenvalue weighted by Gasteiger charge is 2.31. The smallest absolute Gasteiger partial charge is 0.189 e. The molecule has 1 heterocycles. The maximum atomic E-state index is 12.8.